The van der Waals surface area contributed by atoms with Gasteiger partial charge in [-0.15, -0.1) is 0 Å². The van der Waals surface area contributed by atoms with Gasteiger partial charge in [-0.3, -0.25) is 0 Å². The molecule has 2 aliphatic carbocycles. The van der Waals surface area contributed by atoms with E-state index < -0.39 is 12.1 Å². The number of allylic oxidation sites excluding steroid dienone is 5. The van der Waals surface area contributed by atoms with Crippen molar-refractivity contribution in [1.29, 1.82) is 0 Å². The number of hydrogen-bond donors (Lipinski definition) is 0. The minimum Gasteiger partial charge on any atom is -0.339 e. The molecule has 59 heavy (non-hydrogen) atoms. The van der Waals surface area contributed by atoms with E-state index >= 15 is 0 Å². The maximum Gasteiger partial charge on any atom is 0.762 e. The third kappa shape index (κ3) is 5.71. The number of fused-ring (bicyclic) bond motifs is 4. The van der Waals surface area contributed by atoms with Gasteiger partial charge in [-0.2, -0.15) is 0 Å². The Morgan fingerprint density at radius 2 is 1.25 bits per heavy atom. The van der Waals surface area contributed by atoms with Crippen LogP contribution in [-0.4, -0.2) is 43.9 Å². The molecule has 2 unspecified atom stereocenters. The zero-order valence-electron chi connectivity index (χ0n) is 33.5. The van der Waals surface area contributed by atoms with Crippen LogP contribution in [0.2, 0.25) is 0 Å². The highest BCUT2D eigenvalue weighted by atomic mass is 16.8. The first kappa shape index (κ1) is 35.4. The first-order valence-corrected chi connectivity index (χ1v) is 20.3. The molecule has 12 nitrogen and oxygen atoms in total. The molecule has 1 saturated heterocycles. The van der Waals surface area contributed by atoms with Gasteiger partial charge < -0.3 is 18.9 Å². The Morgan fingerprint density at radius 1 is 0.661 bits per heavy atom. The summed E-state index contributed by atoms with van der Waals surface area (Å²) < 4.78 is 33.8. The maximum atomic E-state index is 6.80. The molecule has 2 spiro atoms. The lowest BCUT2D eigenvalue weighted by atomic mass is 9.84. The zero-order chi connectivity index (χ0) is 40.0. The molecule has 6 aliphatic heterocycles. The smallest absolute Gasteiger partial charge is 0.339 e. The van der Waals surface area contributed by atoms with Gasteiger partial charge in [-0.1, -0.05) is 61.2 Å². The summed E-state index contributed by atoms with van der Waals surface area (Å²) in [5.74, 6) is 3.92. The summed E-state index contributed by atoms with van der Waals surface area (Å²) in [5.41, 5.74) is 10.4. The standard InChI is InChI=1S/C26H22N4O2.C21H22N4O2/c1-3-7-20(8-4-1)29-26-30(21-9-5-2-6-10-21)28-23-14-12-19(17-25(23)32-26)15-18-11-13-22(27-29)24(16-18)31-26;1-12-6-15(4)19-17(8-12)22-24-10-14(3)11-25-21(24,26-19)27-20-16(5)7-13(2)9-18(20)23-25/h1-11,13-14,17-19H,12,15-16H2;6-9H,3,10-11H2,1-2,4-5H3/q2*+2/t18?,19?,26-;/m0./s1. The predicted molar refractivity (Wildman–Crippen MR) is 215 cm³/mol. The number of nitrogens with zero attached hydrogens (tertiary/aromatic N) is 8. The van der Waals surface area contributed by atoms with Gasteiger partial charge in [0.2, 0.25) is 24.5 Å². The van der Waals surface area contributed by atoms with Crippen molar-refractivity contribution in [3.05, 3.63) is 167 Å². The van der Waals surface area contributed by atoms with E-state index in [1.165, 1.54) is 0 Å². The minimum atomic E-state index is -1.39. The Kier molecular flexibility index (Phi) is 7.85. The van der Waals surface area contributed by atoms with Crippen molar-refractivity contribution in [2.75, 3.05) is 13.1 Å². The first-order valence-electron chi connectivity index (χ1n) is 20.3. The number of hydrogen-bond acceptors (Lipinski definition) is 8. The Labute approximate surface area is 342 Å². The summed E-state index contributed by atoms with van der Waals surface area (Å²) in [5, 5.41) is 19.8. The fourth-order valence-electron chi connectivity index (χ4n) is 9.09. The number of para-hydroxylation sites is 2. The molecule has 3 atom stereocenters. The lowest BCUT2D eigenvalue weighted by molar-refractivity contribution is -0.962. The van der Waals surface area contributed by atoms with Crippen molar-refractivity contribution >= 4 is 22.7 Å². The topological polar surface area (TPSA) is 98.4 Å². The van der Waals surface area contributed by atoms with Crippen molar-refractivity contribution in [3.63, 3.8) is 0 Å². The van der Waals surface area contributed by atoms with Crippen LogP contribution >= 0.6 is 0 Å². The van der Waals surface area contributed by atoms with Gasteiger partial charge in [0.25, 0.3) is 0 Å². The summed E-state index contributed by atoms with van der Waals surface area (Å²) >= 11 is 0. The third-order valence-corrected chi connectivity index (χ3v) is 11.7. The van der Waals surface area contributed by atoms with E-state index in [-0.39, 0.29) is 0 Å². The summed E-state index contributed by atoms with van der Waals surface area (Å²) in [6.45, 7) is 13.4. The van der Waals surface area contributed by atoms with E-state index in [0.717, 1.165) is 104 Å². The van der Waals surface area contributed by atoms with Crippen LogP contribution in [-0.2, 0) is 9.47 Å². The van der Waals surface area contributed by atoms with E-state index in [1.54, 1.807) is 0 Å². The quantitative estimate of drug-likeness (QED) is 0.149. The second-order valence-corrected chi connectivity index (χ2v) is 16.4. The van der Waals surface area contributed by atoms with Crippen LogP contribution in [0, 0.1) is 39.5 Å². The zero-order valence-corrected chi connectivity index (χ0v) is 33.5. The van der Waals surface area contributed by atoms with Crippen LogP contribution in [0.3, 0.4) is 0 Å². The van der Waals surface area contributed by atoms with Gasteiger partial charge in [-0.05, 0) is 105 Å². The molecule has 0 N–H and O–H groups in total. The van der Waals surface area contributed by atoms with Crippen molar-refractivity contribution in [3.8, 4) is 11.5 Å². The fourth-order valence-corrected chi connectivity index (χ4v) is 9.09. The Morgan fingerprint density at radius 3 is 1.86 bits per heavy atom. The van der Waals surface area contributed by atoms with Crippen LogP contribution in [0.5, 0.6) is 11.5 Å². The van der Waals surface area contributed by atoms with Crippen molar-refractivity contribution in [1.82, 2.24) is 0 Å². The van der Waals surface area contributed by atoms with Crippen molar-refractivity contribution in [2.24, 2.45) is 32.3 Å². The molecular weight excluding hydrogens is 741 g/mol. The van der Waals surface area contributed by atoms with E-state index in [9.17, 15) is 0 Å². The molecule has 6 heterocycles. The van der Waals surface area contributed by atoms with Crippen LogP contribution in [0.4, 0.5) is 22.7 Å². The molecule has 5 bridgehead atoms. The average molecular weight is 785 g/mol. The molecule has 12 heteroatoms. The molecule has 0 saturated carbocycles. The number of ether oxygens (including phenoxy) is 4. The maximum absolute atomic E-state index is 6.80. The molecule has 292 valence electrons. The molecule has 8 aliphatic rings. The van der Waals surface area contributed by atoms with Gasteiger partial charge in [0, 0.05) is 60.5 Å². The lowest BCUT2D eigenvalue weighted by Crippen LogP contribution is -2.65. The van der Waals surface area contributed by atoms with Gasteiger partial charge in [-0.25, -0.2) is 0 Å². The second-order valence-electron chi connectivity index (χ2n) is 16.4. The summed E-state index contributed by atoms with van der Waals surface area (Å²) in [6, 6.07) is 25.6. The molecular formula is C47H44N8O4+4. The van der Waals surface area contributed by atoms with Gasteiger partial charge in [0.1, 0.15) is 5.76 Å². The van der Waals surface area contributed by atoms with E-state index in [2.05, 4.69) is 56.9 Å². The molecule has 0 radical (unpaired) electrons. The Bertz CT molecular complexity index is 2690. The summed E-state index contributed by atoms with van der Waals surface area (Å²) in [6.07, 6.45) is 11.6. The van der Waals surface area contributed by atoms with Crippen LogP contribution < -0.4 is 9.47 Å². The number of benzene rings is 4. The SMILES string of the molecule is C1=CC2CC3=C1N=[N+](c1ccccc1)[C@@]1(OC4=CC(CC=C4N=[N+]1c1ccccc1)C2)O3.C=C1C[N+]2=Nc3cc(C)cc(C)c3OC23Oc2c(C)cc(C)cc2N=[N+]3C1. The molecule has 4 aromatic rings. The fraction of sp³-hybridized carbons (Fsp3) is 0.277. The monoisotopic (exact) mass is 784 g/mol. The van der Waals surface area contributed by atoms with E-state index in [4.69, 9.17) is 39.4 Å². The van der Waals surface area contributed by atoms with E-state index in [1.807, 2.05) is 105 Å². The summed E-state index contributed by atoms with van der Waals surface area (Å²) in [4.78, 5) is 0. The average Bonchev–Trinajstić information content (AvgIpc) is 3.22. The Balaban J connectivity index is 0.000000137. The van der Waals surface area contributed by atoms with E-state index in [0.29, 0.717) is 24.9 Å². The highest BCUT2D eigenvalue weighted by Crippen LogP contribution is 2.50. The van der Waals surface area contributed by atoms with Gasteiger partial charge >= 0.3 is 12.1 Å². The minimum absolute atomic E-state index is 0.419. The lowest BCUT2D eigenvalue weighted by Gasteiger charge is -2.34. The first-order chi connectivity index (χ1) is 28.6. The largest absolute Gasteiger partial charge is 0.762 e. The molecule has 4 aromatic carbocycles. The van der Waals surface area contributed by atoms with Gasteiger partial charge in [0.15, 0.2) is 40.0 Å². The molecule has 12 rings (SSSR count). The number of rotatable bonds is 2. The van der Waals surface area contributed by atoms with Crippen LogP contribution in [0.25, 0.3) is 0 Å². The Hall–Kier alpha value is -6.82. The number of azo groups is 8. The second kappa shape index (κ2) is 13.1. The highest BCUT2D eigenvalue weighted by Gasteiger charge is 2.73. The molecule has 0 aromatic heterocycles. The van der Waals surface area contributed by atoms with Gasteiger partial charge in [0.05, 0.1) is 15.0 Å². The van der Waals surface area contributed by atoms with Crippen LogP contribution in [0.15, 0.2) is 165 Å². The molecule has 0 amide bonds. The normalized spacial score (nSPS) is 24.5. The van der Waals surface area contributed by atoms with Crippen LogP contribution in [0.1, 0.15) is 41.5 Å². The predicted octanol–water partition coefficient (Wildman–Crippen LogP) is 11.0. The summed E-state index contributed by atoms with van der Waals surface area (Å²) in [7, 11) is 0. The highest BCUT2D eigenvalue weighted by molar-refractivity contribution is 5.59. The molecule has 1 fully saturated rings. The number of aryl methyl sites for hydroxylation is 4. The van der Waals surface area contributed by atoms with Crippen molar-refractivity contribution in [2.45, 2.75) is 59.0 Å². The van der Waals surface area contributed by atoms with Crippen molar-refractivity contribution < 1.29 is 37.7 Å². The third-order valence-electron chi connectivity index (χ3n) is 11.7.